The van der Waals surface area contributed by atoms with E-state index in [0.717, 1.165) is 24.2 Å². The first-order chi connectivity index (χ1) is 9.67. The Morgan fingerprint density at radius 3 is 2.95 bits per heavy atom. The van der Waals surface area contributed by atoms with Gasteiger partial charge in [-0.15, -0.1) is 0 Å². The third-order valence-corrected chi connectivity index (χ3v) is 3.15. The molecule has 1 atom stereocenters. The number of nitrogens with one attached hydrogen (secondary N) is 1. The Morgan fingerprint density at radius 2 is 2.25 bits per heavy atom. The van der Waals surface area contributed by atoms with Gasteiger partial charge in [-0.05, 0) is 49.2 Å². The lowest BCUT2D eigenvalue weighted by atomic mass is 10.1. The molecule has 1 N–H and O–H groups in total. The number of rotatable bonds is 6. The van der Waals surface area contributed by atoms with Crippen molar-refractivity contribution in [3.8, 4) is 6.07 Å². The van der Waals surface area contributed by atoms with E-state index in [1.165, 1.54) is 12.1 Å². The molecule has 1 aromatic heterocycles. The standard InChI is InChI=1S/C16H17FN2O/c1-12(4-5-16-3-2-6-20-16)19-11-14-7-13(10-18)8-15(17)9-14/h2-3,6-9,12,19H,4-5,11H2,1H3. The smallest absolute Gasteiger partial charge is 0.124 e. The van der Waals surface area contributed by atoms with E-state index in [4.69, 9.17) is 9.68 Å². The predicted molar refractivity (Wildman–Crippen MR) is 74.4 cm³/mol. The first-order valence-electron chi connectivity index (χ1n) is 6.62. The summed E-state index contributed by atoms with van der Waals surface area (Å²) in [5, 5.41) is 12.1. The van der Waals surface area contributed by atoms with Gasteiger partial charge in [-0.2, -0.15) is 5.26 Å². The summed E-state index contributed by atoms with van der Waals surface area (Å²) in [5.41, 5.74) is 1.14. The van der Waals surface area contributed by atoms with Crippen LogP contribution >= 0.6 is 0 Å². The van der Waals surface area contributed by atoms with Crippen LogP contribution < -0.4 is 5.32 Å². The molecule has 104 valence electrons. The van der Waals surface area contributed by atoms with Crippen molar-refractivity contribution in [2.75, 3.05) is 0 Å². The molecule has 0 radical (unpaired) electrons. The van der Waals surface area contributed by atoms with Gasteiger partial charge in [-0.25, -0.2) is 4.39 Å². The molecule has 3 nitrogen and oxygen atoms in total. The third-order valence-electron chi connectivity index (χ3n) is 3.15. The number of furan rings is 1. The van der Waals surface area contributed by atoms with Crippen LogP contribution in [0.25, 0.3) is 0 Å². The summed E-state index contributed by atoms with van der Waals surface area (Å²) in [6.07, 6.45) is 3.48. The van der Waals surface area contributed by atoms with E-state index in [1.54, 1.807) is 12.3 Å². The molecule has 1 unspecified atom stereocenters. The summed E-state index contributed by atoms with van der Waals surface area (Å²) >= 11 is 0. The summed E-state index contributed by atoms with van der Waals surface area (Å²) in [5.74, 6) is 0.597. The van der Waals surface area contributed by atoms with Crippen LogP contribution in [0.5, 0.6) is 0 Å². The Bertz CT molecular complexity index is 587. The van der Waals surface area contributed by atoms with Crippen molar-refractivity contribution in [2.45, 2.75) is 32.4 Å². The van der Waals surface area contributed by atoms with Gasteiger partial charge in [-0.3, -0.25) is 0 Å². The maximum absolute atomic E-state index is 13.3. The second kappa shape index (κ2) is 6.88. The van der Waals surface area contributed by atoms with Crippen molar-refractivity contribution in [2.24, 2.45) is 0 Å². The van der Waals surface area contributed by atoms with E-state index in [9.17, 15) is 4.39 Å². The molecule has 0 saturated heterocycles. The molecule has 0 bridgehead atoms. The van der Waals surface area contributed by atoms with E-state index >= 15 is 0 Å². The van der Waals surface area contributed by atoms with Crippen LogP contribution in [-0.4, -0.2) is 6.04 Å². The van der Waals surface area contributed by atoms with Gasteiger partial charge in [0.1, 0.15) is 11.6 Å². The van der Waals surface area contributed by atoms with E-state index in [2.05, 4.69) is 12.2 Å². The number of nitriles is 1. The van der Waals surface area contributed by atoms with Crippen molar-refractivity contribution >= 4 is 0 Å². The van der Waals surface area contributed by atoms with E-state index in [-0.39, 0.29) is 11.9 Å². The Morgan fingerprint density at radius 1 is 1.40 bits per heavy atom. The normalized spacial score (nSPS) is 12.1. The maximum Gasteiger partial charge on any atom is 0.124 e. The van der Waals surface area contributed by atoms with E-state index in [1.807, 2.05) is 18.2 Å². The number of hydrogen-bond acceptors (Lipinski definition) is 3. The zero-order valence-corrected chi connectivity index (χ0v) is 11.4. The van der Waals surface area contributed by atoms with Gasteiger partial charge in [0, 0.05) is 19.0 Å². The van der Waals surface area contributed by atoms with Crippen LogP contribution in [0.2, 0.25) is 0 Å². The lowest BCUT2D eigenvalue weighted by Gasteiger charge is -2.13. The molecule has 0 aliphatic rings. The maximum atomic E-state index is 13.3. The number of hydrogen-bond donors (Lipinski definition) is 1. The molecule has 1 aromatic carbocycles. The fourth-order valence-corrected chi connectivity index (χ4v) is 2.02. The molecular weight excluding hydrogens is 255 g/mol. The van der Waals surface area contributed by atoms with Crippen molar-refractivity contribution in [3.05, 3.63) is 59.3 Å². The van der Waals surface area contributed by atoms with E-state index in [0.29, 0.717) is 12.1 Å². The van der Waals surface area contributed by atoms with E-state index < -0.39 is 0 Å². The highest BCUT2D eigenvalue weighted by atomic mass is 19.1. The summed E-state index contributed by atoms with van der Waals surface area (Å²) in [4.78, 5) is 0. The highest BCUT2D eigenvalue weighted by Gasteiger charge is 2.05. The zero-order chi connectivity index (χ0) is 14.4. The van der Waals surface area contributed by atoms with Crippen LogP contribution in [0.1, 0.15) is 30.2 Å². The first-order valence-corrected chi connectivity index (χ1v) is 6.62. The second-order valence-corrected chi connectivity index (χ2v) is 4.86. The van der Waals surface area contributed by atoms with Crippen LogP contribution in [0, 0.1) is 17.1 Å². The first kappa shape index (κ1) is 14.3. The van der Waals surface area contributed by atoms with Crippen molar-refractivity contribution < 1.29 is 8.81 Å². The Labute approximate surface area is 118 Å². The van der Waals surface area contributed by atoms with Gasteiger partial charge in [0.15, 0.2) is 0 Å². The SMILES string of the molecule is CC(CCc1ccco1)NCc1cc(F)cc(C#N)c1. The molecule has 1 heterocycles. The van der Waals surface area contributed by atoms with Gasteiger partial charge in [-0.1, -0.05) is 0 Å². The summed E-state index contributed by atoms with van der Waals surface area (Å²) in [7, 11) is 0. The highest BCUT2D eigenvalue weighted by Crippen LogP contribution is 2.10. The lowest BCUT2D eigenvalue weighted by molar-refractivity contribution is 0.459. The summed E-state index contributed by atoms with van der Waals surface area (Å²) < 4.78 is 18.6. The zero-order valence-electron chi connectivity index (χ0n) is 11.4. The molecular formula is C16H17FN2O. The summed E-state index contributed by atoms with van der Waals surface area (Å²) in [6, 6.07) is 10.5. The molecule has 0 spiro atoms. The van der Waals surface area contributed by atoms with Crippen molar-refractivity contribution in [3.63, 3.8) is 0 Å². The Kier molecular flexibility index (Phi) is 4.91. The largest absolute Gasteiger partial charge is 0.469 e. The molecule has 2 aromatic rings. The number of benzene rings is 1. The van der Waals surface area contributed by atoms with Crippen molar-refractivity contribution in [1.29, 1.82) is 5.26 Å². The average Bonchev–Trinajstić information content (AvgIpc) is 2.95. The van der Waals surface area contributed by atoms with Crippen LogP contribution in [0.4, 0.5) is 4.39 Å². The number of aryl methyl sites for hydroxylation is 1. The van der Waals surface area contributed by atoms with Crippen LogP contribution in [0.15, 0.2) is 41.0 Å². The predicted octanol–water partition coefficient (Wildman–Crippen LogP) is 3.40. The number of halogens is 1. The number of nitrogens with zero attached hydrogens (tertiary/aromatic N) is 1. The van der Waals surface area contributed by atoms with Gasteiger partial charge in [0.25, 0.3) is 0 Å². The minimum absolute atomic E-state index is 0.286. The Balaban J connectivity index is 1.82. The molecule has 0 saturated carbocycles. The molecule has 0 aliphatic heterocycles. The fourth-order valence-electron chi connectivity index (χ4n) is 2.02. The van der Waals surface area contributed by atoms with Crippen molar-refractivity contribution in [1.82, 2.24) is 5.32 Å². The monoisotopic (exact) mass is 272 g/mol. The quantitative estimate of drug-likeness (QED) is 0.876. The van der Waals surface area contributed by atoms with Gasteiger partial charge >= 0.3 is 0 Å². The average molecular weight is 272 g/mol. The third kappa shape index (κ3) is 4.22. The van der Waals surface area contributed by atoms with Gasteiger partial charge in [0.2, 0.25) is 0 Å². The molecule has 4 heteroatoms. The second-order valence-electron chi connectivity index (χ2n) is 4.86. The molecule has 0 fully saturated rings. The van der Waals surface area contributed by atoms with Crippen LogP contribution in [-0.2, 0) is 13.0 Å². The van der Waals surface area contributed by atoms with Gasteiger partial charge < -0.3 is 9.73 Å². The minimum atomic E-state index is -0.371. The Hall–Kier alpha value is -2.12. The lowest BCUT2D eigenvalue weighted by Crippen LogP contribution is -2.26. The molecule has 20 heavy (non-hydrogen) atoms. The topological polar surface area (TPSA) is 49.0 Å². The molecule has 0 amide bonds. The summed E-state index contributed by atoms with van der Waals surface area (Å²) in [6.45, 7) is 2.62. The van der Waals surface area contributed by atoms with Crippen LogP contribution in [0.3, 0.4) is 0 Å². The molecule has 2 rings (SSSR count). The fraction of sp³-hybridized carbons (Fsp3) is 0.312. The highest BCUT2D eigenvalue weighted by molar-refractivity contribution is 5.33. The minimum Gasteiger partial charge on any atom is -0.469 e. The molecule has 0 aliphatic carbocycles. The van der Waals surface area contributed by atoms with Gasteiger partial charge in [0.05, 0.1) is 17.9 Å².